The highest BCUT2D eigenvalue weighted by Crippen LogP contribution is 2.36. The Bertz CT molecular complexity index is 570. The average molecular weight is 363 g/mol. The van der Waals surface area contributed by atoms with Crippen molar-refractivity contribution in [2.75, 3.05) is 6.61 Å². The molecule has 3 nitrogen and oxygen atoms in total. The predicted octanol–water partition coefficient (Wildman–Crippen LogP) is 6.40. The van der Waals surface area contributed by atoms with E-state index in [4.69, 9.17) is 4.74 Å². The first-order valence-electron chi connectivity index (χ1n) is 10.2. The van der Waals surface area contributed by atoms with Crippen molar-refractivity contribution < 1.29 is 14.6 Å². The molecule has 0 radical (unpaired) electrons. The van der Waals surface area contributed by atoms with Gasteiger partial charge in [-0.25, -0.2) is 0 Å². The number of phenols is 1. The Morgan fingerprint density at radius 2 is 1.65 bits per heavy atom. The van der Waals surface area contributed by atoms with E-state index in [1.165, 1.54) is 32.1 Å². The van der Waals surface area contributed by atoms with E-state index in [1.54, 1.807) is 0 Å². The first kappa shape index (κ1) is 22.5. The molecule has 0 aliphatic heterocycles. The fourth-order valence-corrected chi connectivity index (χ4v) is 3.12. The Kier molecular flexibility index (Phi) is 9.18. The number of unbranched alkanes of at least 4 members (excludes halogenated alkanes) is 6. The van der Waals surface area contributed by atoms with Gasteiger partial charge < -0.3 is 9.84 Å². The summed E-state index contributed by atoms with van der Waals surface area (Å²) >= 11 is 0. The molecule has 0 saturated carbocycles. The molecule has 0 bridgehead atoms. The summed E-state index contributed by atoms with van der Waals surface area (Å²) in [6.07, 6.45) is 8.45. The molecular weight excluding hydrogens is 324 g/mol. The Hall–Kier alpha value is -1.51. The quantitative estimate of drug-likeness (QED) is 0.387. The van der Waals surface area contributed by atoms with Gasteiger partial charge in [0, 0.05) is 0 Å². The predicted molar refractivity (Wildman–Crippen MR) is 109 cm³/mol. The molecule has 1 atom stereocenters. The molecule has 0 aliphatic rings. The topological polar surface area (TPSA) is 46.5 Å². The number of benzene rings is 1. The molecule has 1 aromatic rings. The van der Waals surface area contributed by atoms with Gasteiger partial charge in [0.25, 0.3) is 0 Å². The van der Waals surface area contributed by atoms with Crippen LogP contribution in [0.5, 0.6) is 5.75 Å². The molecule has 1 rings (SSSR count). The number of ether oxygens (including phenoxy) is 1. The van der Waals surface area contributed by atoms with E-state index in [2.05, 4.69) is 27.7 Å². The van der Waals surface area contributed by atoms with Crippen molar-refractivity contribution in [3.05, 3.63) is 28.8 Å². The van der Waals surface area contributed by atoms with Gasteiger partial charge in [-0.05, 0) is 42.4 Å². The largest absolute Gasteiger partial charge is 0.507 e. The van der Waals surface area contributed by atoms with E-state index >= 15 is 0 Å². The highest BCUT2D eigenvalue weighted by atomic mass is 16.5. The third-order valence-electron chi connectivity index (χ3n) is 4.98. The second-order valence-corrected chi connectivity index (χ2v) is 8.49. The van der Waals surface area contributed by atoms with Crippen molar-refractivity contribution in [2.24, 2.45) is 0 Å². The van der Waals surface area contributed by atoms with Crippen LogP contribution in [0.2, 0.25) is 0 Å². The van der Waals surface area contributed by atoms with Gasteiger partial charge in [0.1, 0.15) is 5.75 Å². The Morgan fingerprint density at radius 3 is 2.23 bits per heavy atom. The van der Waals surface area contributed by atoms with Crippen LogP contribution < -0.4 is 0 Å². The zero-order chi connectivity index (χ0) is 19.7. The Labute approximate surface area is 160 Å². The van der Waals surface area contributed by atoms with Crippen LogP contribution in [0.3, 0.4) is 0 Å². The summed E-state index contributed by atoms with van der Waals surface area (Å²) < 4.78 is 5.48. The van der Waals surface area contributed by atoms with Crippen molar-refractivity contribution in [2.45, 2.75) is 97.8 Å². The number of aryl methyl sites for hydroxylation is 1. The summed E-state index contributed by atoms with van der Waals surface area (Å²) in [5.41, 5.74) is 2.42. The molecule has 3 heteroatoms. The molecule has 0 aliphatic carbocycles. The van der Waals surface area contributed by atoms with Crippen molar-refractivity contribution in [1.29, 1.82) is 0 Å². The summed E-state index contributed by atoms with van der Waals surface area (Å²) in [4.78, 5) is 12.4. The van der Waals surface area contributed by atoms with Gasteiger partial charge in [-0.15, -0.1) is 0 Å². The summed E-state index contributed by atoms with van der Waals surface area (Å²) in [5.74, 6) is -0.175. The lowest BCUT2D eigenvalue weighted by Gasteiger charge is -2.24. The molecule has 1 N–H and O–H groups in total. The number of esters is 1. The van der Waals surface area contributed by atoms with E-state index in [0.29, 0.717) is 12.4 Å². The zero-order valence-corrected chi connectivity index (χ0v) is 17.7. The summed E-state index contributed by atoms with van der Waals surface area (Å²) in [6.45, 7) is 12.7. The number of carbonyl (C=O) groups excluding carboxylic acids is 1. The van der Waals surface area contributed by atoms with Crippen LogP contribution in [0.1, 0.15) is 102 Å². The second-order valence-electron chi connectivity index (χ2n) is 8.49. The minimum atomic E-state index is -0.319. The molecule has 26 heavy (non-hydrogen) atoms. The summed E-state index contributed by atoms with van der Waals surface area (Å²) in [5, 5.41) is 10.3. The minimum absolute atomic E-state index is 0.174. The van der Waals surface area contributed by atoms with Crippen LogP contribution in [-0.2, 0) is 14.9 Å². The maximum atomic E-state index is 12.4. The second kappa shape index (κ2) is 10.6. The van der Waals surface area contributed by atoms with Crippen molar-refractivity contribution in [1.82, 2.24) is 0 Å². The molecule has 148 valence electrons. The van der Waals surface area contributed by atoms with Crippen LogP contribution in [0.4, 0.5) is 0 Å². The van der Waals surface area contributed by atoms with Crippen LogP contribution >= 0.6 is 0 Å². The molecule has 0 heterocycles. The monoisotopic (exact) mass is 362 g/mol. The number of hydrogen-bond acceptors (Lipinski definition) is 3. The summed E-state index contributed by atoms with van der Waals surface area (Å²) in [7, 11) is 0. The third-order valence-corrected chi connectivity index (χ3v) is 4.98. The van der Waals surface area contributed by atoms with Gasteiger partial charge in [-0.2, -0.15) is 0 Å². The van der Waals surface area contributed by atoms with Crippen LogP contribution in [0.15, 0.2) is 12.1 Å². The van der Waals surface area contributed by atoms with Gasteiger partial charge >= 0.3 is 5.97 Å². The highest BCUT2D eigenvalue weighted by molar-refractivity contribution is 5.78. The van der Waals surface area contributed by atoms with Crippen molar-refractivity contribution in [3.63, 3.8) is 0 Å². The van der Waals surface area contributed by atoms with Gasteiger partial charge in [-0.3, -0.25) is 4.79 Å². The first-order chi connectivity index (χ1) is 12.2. The molecular formula is C23H38O3. The molecule has 0 fully saturated rings. The SMILES string of the molecule is CCCCCCCCCOC(=O)C(C)c1cc(C)c(O)c(C(C)(C)C)c1. The molecule has 0 amide bonds. The van der Waals surface area contributed by atoms with Gasteiger partial charge in [0.05, 0.1) is 12.5 Å². The molecule has 1 unspecified atom stereocenters. The Balaban J connectivity index is 2.54. The number of phenolic OH excluding ortho intramolecular Hbond substituents is 1. The molecule has 0 spiro atoms. The van der Waals surface area contributed by atoms with E-state index in [-0.39, 0.29) is 17.3 Å². The molecule has 0 aromatic heterocycles. The van der Waals surface area contributed by atoms with Crippen LogP contribution in [-0.4, -0.2) is 17.7 Å². The average Bonchev–Trinajstić information content (AvgIpc) is 2.57. The lowest BCUT2D eigenvalue weighted by Crippen LogP contribution is -2.17. The zero-order valence-electron chi connectivity index (χ0n) is 17.7. The van der Waals surface area contributed by atoms with Crippen LogP contribution in [0.25, 0.3) is 0 Å². The van der Waals surface area contributed by atoms with Crippen molar-refractivity contribution in [3.8, 4) is 5.75 Å². The standard InChI is InChI=1S/C23H38O3/c1-7-8-9-10-11-12-13-14-26-22(25)18(3)19-15-17(2)21(24)20(16-19)23(4,5)6/h15-16,18,24H,7-14H2,1-6H3. The van der Waals surface area contributed by atoms with E-state index < -0.39 is 0 Å². The van der Waals surface area contributed by atoms with Gasteiger partial charge in [0.15, 0.2) is 0 Å². The maximum Gasteiger partial charge on any atom is 0.313 e. The third kappa shape index (κ3) is 7.01. The number of aromatic hydroxyl groups is 1. The minimum Gasteiger partial charge on any atom is -0.507 e. The number of rotatable bonds is 10. The Morgan fingerprint density at radius 1 is 1.08 bits per heavy atom. The summed E-state index contributed by atoms with van der Waals surface area (Å²) in [6, 6.07) is 3.84. The smallest absolute Gasteiger partial charge is 0.313 e. The van der Waals surface area contributed by atoms with Gasteiger partial charge in [-0.1, -0.05) is 78.4 Å². The maximum absolute atomic E-state index is 12.4. The lowest BCUT2D eigenvalue weighted by atomic mass is 9.82. The highest BCUT2D eigenvalue weighted by Gasteiger charge is 2.24. The van der Waals surface area contributed by atoms with Crippen molar-refractivity contribution >= 4 is 5.97 Å². The normalized spacial score (nSPS) is 12.8. The van der Waals surface area contributed by atoms with E-state index in [9.17, 15) is 9.90 Å². The molecule has 1 aromatic carbocycles. The first-order valence-corrected chi connectivity index (χ1v) is 10.2. The lowest BCUT2D eigenvalue weighted by molar-refractivity contribution is -0.145. The van der Waals surface area contributed by atoms with E-state index in [1.807, 2.05) is 26.0 Å². The van der Waals surface area contributed by atoms with E-state index in [0.717, 1.165) is 29.5 Å². The van der Waals surface area contributed by atoms with Crippen LogP contribution in [0, 0.1) is 6.92 Å². The fraction of sp³-hybridized carbons (Fsp3) is 0.696. The fourth-order valence-electron chi connectivity index (χ4n) is 3.12. The number of carbonyl (C=O) groups is 1. The number of hydrogen-bond donors (Lipinski definition) is 1. The van der Waals surface area contributed by atoms with Gasteiger partial charge in [0.2, 0.25) is 0 Å². The molecule has 0 saturated heterocycles.